The van der Waals surface area contributed by atoms with Gasteiger partial charge in [0.2, 0.25) is 0 Å². The van der Waals surface area contributed by atoms with Gasteiger partial charge in [-0.25, -0.2) is 0 Å². The summed E-state index contributed by atoms with van der Waals surface area (Å²) in [7, 11) is 0. The lowest BCUT2D eigenvalue weighted by molar-refractivity contribution is 0.660. The van der Waals surface area contributed by atoms with Gasteiger partial charge in [0.05, 0.1) is 0 Å². The van der Waals surface area contributed by atoms with Crippen molar-refractivity contribution in [1.29, 1.82) is 0 Å². The van der Waals surface area contributed by atoms with Crippen LogP contribution in [0.4, 0.5) is 17.1 Å². The van der Waals surface area contributed by atoms with E-state index in [4.69, 9.17) is 0 Å². The number of hydrogen-bond donors (Lipinski definition) is 0. The Bertz CT molecular complexity index is 2570. The van der Waals surface area contributed by atoms with Crippen LogP contribution < -0.4 is 4.90 Å². The first-order valence-corrected chi connectivity index (χ1v) is 17.4. The molecule has 10 rings (SSSR count). The number of benzene rings is 8. The van der Waals surface area contributed by atoms with E-state index in [0.717, 1.165) is 5.69 Å². The summed E-state index contributed by atoms with van der Waals surface area (Å²) in [6.45, 7) is 9.41. The zero-order valence-corrected chi connectivity index (χ0v) is 28.4. The zero-order valence-electron chi connectivity index (χ0n) is 28.4. The number of hydrogen-bond acceptors (Lipinski definition) is 1. The van der Waals surface area contributed by atoms with Crippen molar-refractivity contribution in [2.75, 3.05) is 4.90 Å². The molecule has 0 atom stereocenters. The van der Waals surface area contributed by atoms with Gasteiger partial charge in [-0.15, -0.1) is 0 Å². The summed E-state index contributed by atoms with van der Waals surface area (Å²) in [5, 5.41) is 7.70. The monoisotopic (exact) mass is 627 g/mol. The third-order valence-electron chi connectivity index (χ3n) is 11.6. The van der Waals surface area contributed by atoms with Crippen LogP contribution in [0, 0.1) is 0 Å². The lowest BCUT2D eigenvalue weighted by Gasteiger charge is -2.28. The molecule has 0 bridgehead atoms. The minimum Gasteiger partial charge on any atom is -0.310 e. The Labute approximate surface area is 288 Å². The summed E-state index contributed by atoms with van der Waals surface area (Å²) in [6, 6.07) is 56.9. The molecule has 0 heterocycles. The molecule has 0 radical (unpaired) electrons. The minimum absolute atomic E-state index is 0.0368. The third kappa shape index (κ3) is 3.93. The highest BCUT2D eigenvalue weighted by molar-refractivity contribution is 6.20. The van der Waals surface area contributed by atoms with Crippen molar-refractivity contribution in [2.24, 2.45) is 0 Å². The van der Waals surface area contributed by atoms with Crippen LogP contribution in [0.5, 0.6) is 0 Å². The fraction of sp³-hybridized carbons (Fsp3) is 0.125. The van der Waals surface area contributed by atoms with Gasteiger partial charge in [-0.05, 0) is 113 Å². The second-order valence-electron chi connectivity index (χ2n) is 15.0. The standard InChI is InChI=1S/C48H37N/c1-47(2)42-15-9-7-13-38(42)40-28-34(22-25-44(40)47)49(35-23-26-45-41(29-35)39-14-8-10-16-43(39)48(45,3)4)33-21-24-37-32(27-33)20-19-31-18-17-30-11-5-6-12-36(30)46(31)37/h5-29H,1-4H3. The molecule has 0 amide bonds. The average molecular weight is 628 g/mol. The normalized spacial score (nSPS) is 14.9. The van der Waals surface area contributed by atoms with E-state index >= 15 is 0 Å². The molecule has 1 heteroatoms. The minimum atomic E-state index is -0.0368. The molecule has 8 aromatic carbocycles. The van der Waals surface area contributed by atoms with Crippen LogP contribution in [-0.4, -0.2) is 0 Å². The van der Waals surface area contributed by atoms with E-state index in [2.05, 4.69) is 184 Å². The summed E-state index contributed by atoms with van der Waals surface area (Å²) in [5.74, 6) is 0. The predicted octanol–water partition coefficient (Wildman–Crippen LogP) is 13.2. The summed E-state index contributed by atoms with van der Waals surface area (Å²) in [5.41, 5.74) is 14.3. The second-order valence-corrected chi connectivity index (χ2v) is 15.0. The number of nitrogens with zero attached hydrogens (tertiary/aromatic N) is 1. The Kier molecular flexibility index (Phi) is 5.75. The molecule has 2 aliphatic carbocycles. The molecule has 8 aromatic rings. The molecule has 49 heavy (non-hydrogen) atoms. The fourth-order valence-corrected chi connectivity index (χ4v) is 9.10. The first-order valence-electron chi connectivity index (χ1n) is 17.4. The molecule has 1 nitrogen and oxygen atoms in total. The van der Waals surface area contributed by atoms with Crippen LogP contribution in [-0.2, 0) is 10.8 Å². The topological polar surface area (TPSA) is 3.24 Å². The molecule has 0 saturated carbocycles. The van der Waals surface area contributed by atoms with Crippen molar-refractivity contribution >= 4 is 49.4 Å². The Balaban J connectivity index is 1.21. The Morgan fingerprint density at radius 3 is 1.43 bits per heavy atom. The summed E-state index contributed by atoms with van der Waals surface area (Å²) in [4.78, 5) is 2.47. The first kappa shape index (κ1) is 28.4. The summed E-state index contributed by atoms with van der Waals surface area (Å²) >= 11 is 0. The molecule has 0 N–H and O–H groups in total. The predicted molar refractivity (Wildman–Crippen MR) is 209 cm³/mol. The van der Waals surface area contributed by atoms with Gasteiger partial charge in [-0.3, -0.25) is 0 Å². The Morgan fingerprint density at radius 1 is 0.347 bits per heavy atom. The smallest absolute Gasteiger partial charge is 0.0468 e. The van der Waals surface area contributed by atoms with Gasteiger partial charge < -0.3 is 4.90 Å². The van der Waals surface area contributed by atoms with Gasteiger partial charge in [0.1, 0.15) is 0 Å². The van der Waals surface area contributed by atoms with Gasteiger partial charge in [0, 0.05) is 27.9 Å². The third-order valence-corrected chi connectivity index (χ3v) is 11.6. The van der Waals surface area contributed by atoms with E-state index in [9.17, 15) is 0 Å². The van der Waals surface area contributed by atoms with Crippen LogP contribution in [0.3, 0.4) is 0 Å². The Hall–Kier alpha value is -5.66. The van der Waals surface area contributed by atoms with Gasteiger partial charge in [0.15, 0.2) is 0 Å². The van der Waals surface area contributed by atoms with Crippen LogP contribution in [0.2, 0.25) is 0 Å². The van der Waals surface area contributed by atoms with Gasteiger partial charge in [0.25, 0.3) is 0 Å². The molecule has 0 unspecified atom stereocenters. The van der Waals surface area contributed by atoms with Crippen molar-refractivity contribution in [2.45, 2.75) is 38.5 Å². The SMILES string of the molecule is CC1(C)c2ccccc2-c2cc(N(c3ccc4c(c3)-c3ccccc3C4(C)C)c3ccc4c(ccc5ccc6ccccc6c54)c3)ccc21. The highest BCUT2D eigenvalue weighted by Gasteiger charge is 2.37. The summed E-state index contributed by atoms with van der Waals surface area (Å²) < 4.78 is 0. The lowest BCUT2D eigenvalue weighted by atomic mass is 9.82. The number of fused-ring (bicyclic) bond motifs is 11. The van der Waals surface area contributed by atoms with E-state index in [1.54, 1.807) is 0 Å². The van der Waals surface area contributed by atoms with Crippen LogP contribution >= 0.6 is 0 Å². The zero-order chi connectivity index (χ0) is 33.1. The molecular weight excluding hydrogens is 591 g/mol. The second kappa shape index (κ2) is 9.94. The van der Waals surface area contributed by atoms with Crippen molar-refractivity contribution in [3.63, 3.8) is 0 Å². The molecular formula is C48H37N. The van der Waals surface area contributed by atoms with Crippen LogP contribution in [0.1, 0.15) is 49.9 Å². The number of rotatable bonds is 3. The van der Waals surface area contributed by atoms with E-state index in [-0.39, 0.29) is 10.8 Å². The van der Waals surface area contributed by atoms with Gasteiger partial charge in [-0.2, -0.15) is 0 Å². The summed E-state index contributed by atoms with van der Waals surface area (Å²) in [6.07, 6.45) is 0. The van der Waals surface area contributed by atoms with Crippen molar-refractivity contribution < 1.29 is 0 Å². The van der Waals surface area contributed by atoms with Crippen molar-refractivity contribution in [3.05, 3.63) is 174 Å². The van der Waals surface area contributed by atoms with Gasteiger partial charge >= 0.3 is 0 Å². The average Bonchev–Trinajstić information content (AvgIpc) is 3.50. The lowest BCUT2D eigenvalue weighted by Crippen LogP contribution is -2.16. The van der Waals surface area contributed by atoms with Crippen LogP contribution in [0.25, 0.3) is 54.6 Å². The maximum atomic E-state index is 2.47. The molecule has 234 valence electrons. The van der Waals surface area contributed by atoms with E-state index in [1.165, 1.54) is 88.2 Å². The molecule has 0 saturated heterocycles. The highest BCUT2D eigenvalue weighted by Crippen LogP contribution is 2.53. The molecule has 0 aliphatic heterocycles. The largest absolute Gasteiger partial charge is 0.310 e. The quantitative estimate of drug-likeness (QED) is 0.176. The molecule has 2 aliphatic rings. The molecule has 0 aromatic heterocycles. The Morgan fingerprint density at radius 2 is 0.796 bits per heavy atom. The van der Waals surface area contributed by atoms with E-state index < -0.39 is 0 Å². The van der Waals surface area contributed by atoms with Crippen LogP contribution in [0.15, 0.2) is 152 Å². The fourth-order valence-electron chi connectivity index (χ4n) is 9.10. The first-order chi connectivity index (χ1) is 23.8. The molecule has 0 fully saturated rings. The maximum Gasteiger partial charge on any atom is 0.0468 e. The van der Waals surface area contributed by atoms with E-state index in [1.807, 2.05) is 0 Å². The highest BCUT2D eigenvalue weighted by atomic mass is 15.1. The van der Waals surface area contributed by atoms with Crippen molar-refractivity contribution in [1.82, 2.24) is 0 Å². The maximum absolute atomic E-state index is 2.47. The van der Waals surface area contributed by atoms with Gasteiger partial charge in [-0.1, -0.05) is 143 Å². The van der Waals surface area contributed by atoms with E-state index in [0.29, 0.717) is 0 Å². The number of anilines is 3. The molecule has 0 spiro atoms. The van der Waals surface area contributed by atoms with Crippen molar-refractivity contribution in [3.8, 4) is 22.3 Å².